The summed E-state index contributed by atoms with van der Waals surface area (Å²) in [6.07, 6.45) is 0. The summed E-state index contributed by atoms with van der Waals surface area (Å²) in [6, 6.07) is 0. The van der Waals surface area contributed by atoms with E-state index in [0.717, 1.165) is 5.56 Å². The summed E-state index contributed by atoms with van der Waals surface area (Å²) in [4.78, 5) is 21.7. The molecule has 2 amide bonds. The van der Waals surface area contributed by atoms with Gasteiger partial charge in [-0.3, -0.25) is 9.59 Å². The van der Waals surface area contributed by atoms with Crippen LogP contribution in [0, 0.1) is 6.92 Å². The normalized spacial score (nSPS) is 9.62. The van der Waals surface area contributed by atoms with E-state index in [1.165, 1.54) is 11.3 Å². The van der Waals surface area contributed by atoms with E-state index in [0.29, 0.717) is 5.56 Å². The smallest absolute Gasteiger partial charge is 0.252 e. The fourth-order valence-corrected chi connectivity index (χ4v) is 1.68. The van der Waals surface area contributed by atoms with Crippen LogP contribution >= 0.6 is 11.3 Å². The highest BCUT2D eigenvalue weighted by molar-refractivity contribution is 7.08. The average Bonchev–Trinajstić information content (AvgIpc) is 2.47. The van der Waals surface area contributed by atoms with Gasteiger partial charge < -0.3 is 11.1 Å². The van der Waals surface area contributed by atoms with E-state index in [2.05, 4.69) is 5.32 Å². The molecular weight excluding hydrogens is 188 g/mol. The summed E-state index contributed by atoms with van der Waals surface area (Å²) in [5.74, 6) is -0.793. The van der Waals surface area contributed by atoms with Crippen LogP contribution in [0.3, 0.4) is 0 Å². The van der Waals surface area contributed by atoms with Crippen LogP contribution in [0.1, 0.15) is 15.9 Å². The Balaban J connectivity index is 2.59. The maximum atomic E-state index is 11.3. The molecule has 0 bridgehead atoms. The second kappa shape index (κ2) is 4.04. The molecule has 1 rings (SSSR count). The number of primary amides is 1. The predicted molar refractivity (Wildman–Crippen MR) is 50.6 cm³/mol. The standard InChI is InChI=1S/C8H10N2O2S/c1-5-3-13-4-6(5)8(12)10-2-7(9)11/h3-4H,2H2,1H3,(H2,9,11)(H,10,12). The highest BCUT2D eigenvalue weighted by atomic mass is 32.1. The van der Waals surface area contributed by atoms with Crippen molar-refractivity contribution in [2.45, 2.75) is 6.92 Å². The minimum Gasteiger partial charge on any atom is -0.368 e. The lowest BCUT2D eigenvalue weighted by atomic mass is 10.2. The van der Waals surface area contributed by atoms with Gasteiger partial charge in [-0.05, 0) is 17.9 Å². The van der Waals surface area contributed by atoms with Gasteiger partial charge in [-0.15, -0.1) is 0 Å². The van der Waals surface area contributed by atoms with Crippen LogP contribution in [-0.4, -0.2) is 18.4 Å². The Morgan fingerprint density at radius 2 is 2.23 bits per heavy atom. The van der Waals surface area contributed by atoms with Crippen LogP contribution in [0.25, 0.3) is 0 Å². The summed E-state index contributed by atoms with van der Waals surface area (Å²) in [5.41, 5.74) is 6.39. The van der Waals surface area contributed by atoms with Gasteiger partial charge in [-0.1, -0.05) is 0 Å². The molecule has 0 aliphatic rings. The van der Waals surface area contributed by atoms with E-state index < -0.39 is 5.91 Å². The molecule has 0 fully saturated rings. The highest BCUT2D eigenvalue weighted by Gasteiger charge is 2.09. The lowest BCUT2D eigenvalue weighted by molar-refractivity contribution is -0.117. The van der Waals surface area contributed by atoms with Crippen molar-refractivity contribution in [2.75, 3.05) is 6.54 Å². The maximum absolute atomic E-state index is 11.3. The third kappa shape index (κ3) is 2.55. The SMILES string of the molecule is Cc1cscc1C(=O)NCC(N)=O. The number of nitrogens with two attached hydrogens (primary N) is 1. The molecule has 0 saturated heterocycles. The number of carbonyl (C=O) groups is 2. The van der Waals surface area contributed by atoms with Crippen LogP contribution < -0.4 is 11.1 Å². The Bertz CT molecular complexity index is 333. The zero-order chi connectivity index (χ0) is 9.84. The largest absolute Gasteiger partial charge is 0.368 e. The van der Waals surface area contributed by atoms with Gasteiger partial charge in [-0.2, -0.15) is 11.3 Å². The first-order valence-corrected chi connectivity index (χ1v) is 4.65. The molecule has 70 valence electrons. The number of thiophene rings is 1. The van der Waals surface area contributed by atoms with Crippen molar-refractivity contribution in [1.29, 1.82) is 0 Å². The quantitative estimate of drug-likeness (QED) is 0.731. The molecule has 0 unspecified atom stereocenters. The Morgan fingerprint density at radius 3 is 2.69 bits per heavy atom. The summed E-state index contributed by atoms with van der Waals surface area (Å²) in [6.45, 7) is 1.73. The maximum Gasteiger partial charge on any atom is 0.252 e. The van der Waals surface area contributed by atoms with Crippen LogP contribution in [0.4, 0.5) is 0 Å². The zero-order valence-corrected chi connectivity index (χ0v) is 7.98. The molecule has 4 nitrogen and oxygen atoms in total. The van der Waals surface area contributed by atoms with Crippen molar-refractivity contribution in [2.24, 2.45) is 5.73 Å². The van der Waals surface area contributed by atoms with E-state index in [4.69, 9.17) is 5.73 Å². The first-order chi connectivity index (χ1) is 6.11. The van der Waals surface area contributed by atoms with Crippen molar-refractivity contribution in [1.82, 2.24) is 5.32 Å². The van der Waals surface area contributed by atoms with E-state index in [9.17, 15) is 9.59 Å². The van der Waals surface area contributed by atoms with E-state index in [1.54, 1.807) is 5.38 Å². The number of carbonyl (C=O) groups excluding carboxylic acids is 2. The number of hydrogen-bond donors (Lipinski definition) is 2. The highest BCUT2D eigenvalue weighted by Crippen LogP contribution is 2.12. The van der Waals surface area contributed by atoms with Gasteiger partial charge in [0.05, 0.1) is 12.1 Å². The van der Waals surface area contributed by atoms with Crippen molar-refractivity contribution in [3.63, 3.8) is 0 Å². The molecule has 0 aliphatic carbocycles. The molecule has 0 atom stereocenters. The van der Waals surface area contributed by atoms with Gasteiger partial charge in [0.1, 0.15) is 0 Å². The average molecular weight is 198 g/mol. The summed E-state index contributed by atoms with van der Waals surface area (Å²) in [7, 11) is 0. The molecular formula is C8H10N2O2S. The molecule has 1 heterocycles. The number of nitrogens with one attached hydrogen (secondary N) is 1. The van der Waals surface area contributed by atoms with Gasteiger partial charge in [0.2, 0.25) is 5.91 Å². The first kappa shape index (κ1) is 9.73. The number of amides is 2. The van der Waals surface area contributed by atoms with Crippen LogP contribution in [0.5, 0.6) is 0 Å². The number of aryl methyl sites for hydroxylation is 1. The molecule has 0 aromatic carbocycles. The predicted octanol–water partition coefficient (Wildman–Crippen LogP) is 0.272. The summed E-state index contributed by atoms with van der Waals surface area (Å²) < 4.78 is 0. The van der Waals surface area contributed by atoms with E-state index >= 15 is 0 Å². The first-order valence-electron chi connectivity index (χ1n) is 3.70. The zero-order valence-electron chi connectivity index (χ0n) is 7.16. The van der Waals surface area contributed by atoms with Gasteiger partial charge in [0, 0.05) is 5.38 Å². The minimum atomic E-state index is -0.541. The van der Waals surface area contributed by atoms with Gasteiger partial charge in [0.15, 0.2) is 0 Å². The fraction of sp³-hybridized carbons (Fsp3) is 0.250. The Kier molecular flexibility index (Phi) is 3.02. The second-order valence-corrected chi connectivity index (χ2v) is 3.36. The molecule has 0 spiro atoms. The lowest BCUT2D eigenvalue weighted by Crippen LogP contribution is -2.33. The molecule has 13 heavy (non-hydrogen) atoms. The van der Waals surface area contributed by atoms with E-state index in [1.807, 2.05) is 12.3 Å². The molecule has 0 radical (unpaired) electrons. The van der Waals surface area contributed by atoms with Crippen molar-refractivity contribution < 1.29 is 9.59 Å². The number of hydrogen-bond acceptors (Lipinski definition) is 3. The van der Waals surface area contributed by atoms with Gasteiger partial charge in [0.25, 0.3) is 5.91 Å². The van der Waals surface area contributed by atoms with Crippen LogP contribution in [0.15, 0.2) is 10.8 Å². The monoisotopic (exact) mass is 198 g/mol. The Morgan fingerprint density at radius 1 is 1.54 bits per heavy atom. The Hall–Kier alpha value is -1.36. The molecule has 1 aromatic rings. The molecule has 0 aliphatic heterocycles. The topological polar surface area (TPSA) is 72.2 Å². The summed E-state index contributed by atoms with van der Waals surface area (Å²) >= 11 is 1.45. The Labute approximate surface area is 79.7 Å². The van der Waals surface area contributed by atoms with Crippen molar-refractivity contribution in [3.8, 4) is 0 Å². The second-order valence-electron chi connectivity index (χ2n) is 2.62. The summed E-state index contributed by atoms with van der Waals surface area (Å²) in [5, 5.41) is 6.03. The molecule has 5 heteroatoms. The molecule has 0 saturated carbocycles. The molecule has 3 N–H and O–H groups in total. The number of rotatable bonds is 3. The van der Waals surface area contributed by atoms with Crippen molar-refractivity contribution in [3.05, 3.63) is 21.9 Å². The van der Waals surface area contributed by atoms with Gasteiger partial charge >= 0.3 is 0 Å². The fourth-order valence-electron chi connectivity index (χ4n) is 0.856. The lowest BCUT2D eigenvalue weighted by Gasteiger charge is -2.00. The van der Waals surface area contributed by atoms with E-state index in [-0.39, 0.29) is 12.5 Å². The minimum absolute atomic E-state index is 0.117. The van der Waals surface area contributed by atoms with Crippen LogP contribution in [0.2, 0.25) is 0 Å². The third-order valence-corrected chi connectivity index (χ3v) is 2.38. The third-order valence-electron chi connectivity index (χ3n) is 1.52. The van der Waals surface area contributed by atoms with Gasteiger partial charge in [-0.25, -0.2) is 0 Å². The van der Waals surface area contributed by atoms with Crippen LogP contribution in [-0.2, 0) is 4.79 Å². The molecule has 1 aromatic heterocycles. The van der Waals surface area contributed by atoms with Crippen molar-refractivity contribution >= 4 is 23.2 Å².